The minimum Gasteiger partial charge on any atom is -0.360 e. The summed E-state index contributed by atoms with van der Waals surface area (Å²) in [6.07, 6.45) is 7.32. The highest BCUT2D eigenvalue weighted by Gasteiger charge is 2.49. The van der Waals surface area contributed by atoms with Gasteiger partial charge in [-0.15, -0.1) is 0 Å². The zero-order chi connectivity index (χ0) is 37.6. The van der Waals surface area contributed by atoms with Crippen molar-refractivity contribution in [2.24, 2.45) is 0 Å². The van der Waals surface area contributed by atoms with E-state index in [9.17, 15) is 10.5 Å². The normalized spacial score (nSPS) is 14.4. The van der Waals surface area contributed by atoms with Gasteiger partial charge in [0, 0.05) is 45.1 Å². The molecule has 0 spiro atoms. The molecule has 0 saturated carbocycles. The molecule has 262 valence electrons. The van der Waals surface area contributed by atoms with E-state index in [-0.39, 0.29) is 0 Å². The summed E-state index contributed by atoms with van der Waals surface area (Å²) in [4.78, 5) is 9.24. The van der Waals surface area contributed by atoms with E-state index in [1.807, 2.05) is 88.6 Å². The van der Waals surface area contributed by atoms with Crippen LogP contribution in [0, 0.1) is 22.7 Å². The maximum atomic E-state index is 11.5. The van der Waals surface area contributed by atoms with E-state index in [1.54, 1.807) is 12.4 Å². The summed E-state index contributed by atoms with van der Waals surface area (Å²) >= 11 is 0. The average molecular weight is 711 g/mol. The van der Waals surface area contributed by atoms with Crippen LogP contribution in [0.4, 0.5) is 0 Å². The van der Waals surface area contributed by atoms with Gasteiger partial charge in [0.2, 0.25) is 0 Å². The van der Waals surface area contributed by atoms with Gasteiger partial charge < -0.3 is 13.9 Å². The smallest absolute Gasteiger partial charge is 0.102 e. The number of rotatable bonds is 4. The van der Waals surface area contributed by atoms with Crippen LogP contribution in [0.2, 0.25) is 0 Å². The Bertz CT molecular complexity index is 2930. The van der Waals surface area contributed by atoms with Gasteiger partial charge in [0.25, 0.3) is 0 Å². The van der Waals surface area contributed by atoms with Gasteiger partial charge in [0.1, 0.15) is 12.1 Å². The summed E-state index contributed by atoms with van der Waals surface area (Å²) in [5.41, 5.74) is 9.62. The number of pyridine rings is 2. The van der Waals surface area contributed by atoms with Crippen molar-refractivity contribution in [2.75, 3.05) is 0 Å². The Labute approximate surface area is 317 Å². The molecular weight excluding hydrogens is 677 g/mol. The second-order valence-electron chi connectivity index (χ2n) is 15.2. The molecule has 0 fully saturated rings. The summed E-state index contributed by atoms with van der Waals surface area (Å²) in [7, 11) is 0. The van der Waals surface area contributed by atoms with Crippen molar-refractivity contribution < 1.29 is 4.74 Å². The highest BCUT2D eigenvalue weighted by atomic mass is 16.5. The Morgan fingerprint density at radius 1 is 0.491 bits per heavy atom. The maximum absolute atomic E-state index is 11.5. The zero-order valence-electron chi connectivity index (χ0n) is 30.8. The van der Waals surface area contributed by atoms with Gasteiger partial charge in [-0.3, -0.25) is 9.97 Å². The largest absolute Gasteiger partial charge is 0.360 e. The Morgan fingerprint density at radius 2 is 0.909 bits per heavy atom. The number of ether oxygens (including phenoxy) is 1. The van der Waals surface area contributed by atoms with E-state index < -0.39 is 11.2 Å². The molecular formula is C48H34N6O. The number of nitrogens with zero attached hydrogens (tertiary/aromatic N) is 6. The fourth-order valence-electron chi connectivity index (χ4n) is 9.16. The van der Waals surface area contributed by atoms with E-state index in [2.05, 4.69) is 91.9 Å². The molecule has 9 aromatic rings. The Hall–Kier alpha value is -7.06. The summed E-state index contributed by atoms with van der Waals surface area (Å²) < 4.78 is 11.0. The molecule has 5 heterocycles. The first-order valence-electron chi connectivity index (χ1n) is 18.3. The molecule has 5 aromatic carbocycles. The zero-order valence-corrected chi connectivity index (χ0v) is 30.8. The minimum atomic E-state index is -0.868. The quantitative estimate of drug-likeness (QED) is 0.181. The molecule has 0 unspecified atom stereocenters. The van der Waals surface area contributed by atoms with E-state index in [4.69, 9.17) is 4.74 Å². The summed E-state index contributed by atoms with van der Waals surface area (Å²) in [5.74, 6) is 0. The number of benzene rings is 5. The van der Waals surface area contributed by atoms with Gasteiger partial charge in [0.05, 0.1) is 68.2 Å². The fraction of sp³-hybridized carbons (Fsp3) is 0.125. The van der Waals surface area contributed by atoms with Crippen LogP contribution in [0.25, 0.3) is 77.2 Å². The molecule has 0 N–H and O–H groups in total. The predicted molar refractivity (Wildman–Crippen MR) is 218 cm³/mol. The Morgan fingerprint density at radius 3 is 1.31 bits per heavy atom. The van der Waals surface area contributed by atoms with Crippen molar-refractivity contribution in [2.45, 2.75) is 38.9 Å². The molecule has 55 heavy (non-hydrogen) atoms. The van der Waals surface area contributed by atoms with Crippen molar-refractivity contribution in [1.29, 1.82) is 10.5 Å². The molecule has 10 rings (SSSR count). The van der Waals surface area contributed by atoms with Gasteiger partial charge in [-0.05, 0) is 86.3 Å². The van der Waals surface area contributed by atoms with Gasteiger partial charge >= 0.3 is 0 Å². The predicted octanol–water partition coefficient (Wildman–Crippen LogP) is 11.2. The highest BCUT2D eigenvalue weighted by Crippen LogP contribution is 2.54. The van der Waals surface area contributed by atoms with Crippen LogP contribution in [0.5, 0.6) is 0 Å². The molecule has 0 radical (unpaired) electrons. The van der Waals surface area contributed by atoms with Crippen LogP contribution < -0.4 is 0 Å². The van der Waals surface area contributed by atoms with E-state index >= 15 is 0 Å². The van der Waals surface area contributed by atoms with Crippen molar-refractivity contribution in [1.82, 2.24) is 19.1 Å². The van der Waals surface area contributed by atoms with Crippen LogP contribution in [-0.4, -0.2) is 19.1 Å². The third kappa shape index (κ3) is 4.64. The van der Waals surface area contributed by atoms with Gasteiger partial charge in [0.15, 0.2) is 0 Å². The van der Waals surface area contributed by atoms with E-state index in [0.29, 0.717) is 22.5 Å². The molecule has 0 bridgehead atoms. The third-order valence-electron chi connectivity index (χ3n) is 11.2. The number of nitriles is 2. The second kappa shape index (κ2) is 11.7. The third-order valence-corrected chi connectivity index (χ3v) is 11.2. The Balaban J connectivity index is 1.41. The lowest BCUT2D eigenvalue weighted by atomic mass is 9.82. The lowest BCUT2D eigenvalue weighted by molar-refractivity contribution is -0.105. The van der Waals surface area contributed by atoms with E-state index in [1.165, 1.54) is 0 Å². The topological polar surface area (TPSA) is 92.4 Å². The number of hydrogen-bond donors (Lipinski definition) is 0. The maximum Gasteiger partial charge on any atom is 0.102 e. The van der Waals surface area contributed by atoms with Crippen LogP contribution in [-0.2, 0) is 15.9 Å². The second-order valence-corrected chi connectivity index (χ2v) is 15.2. The van der Waals surface area contributed by atoms with Crippen molar-refractivity contribution in [3.63, 3.8) is 0 Å². The lowest BCUT2D eigenvalue weighted by Crippen LogP contribution is -2.23. The molecule has 4 aromatic heterocycles. The van der Waals surface area contributed by atoms with Gasteiger partial charge in [-0.25, -0.2) is 0 Å². The van der Waals surface area contributed by atoms with Crippen molar-refractivity contribution in [3.8, 4) is 45.8 Å². The van der Waals surface area contributed by atoms with Crippen LogP contribution >= 0.6 is 0 Å². The SMILES string of the molecule is CC1(C)OC(C)(C)c2c(C#N)c(-n3c4ccc(-c5ccccc5)cc4c4ccncc43)c(-n3c4ccc(-c5ccccc5)cc4c4ccncc43)c(C#N)c21. The molecule has 1 aliphatic heterocycles. The number of aromatic nitrogens is 4. The highest BCUT2D eigenvalue weighted by molar-refractivity contribution is 6.13. The summed E-state index contributed by atoms with van der Waals surface area (Å²) in [5, 5.41) is 26.9. The molecule has 1 aliphatic rings. The summed E-state index contributed by atoms with van der Waals surface area (Å²) in [6, 6.07) is 42.9. The van der Waals surface area contributed by atoms with Crippen LogP contribution in [0.1, 0.15) is 49.9 Å². The average Bonchev–Trinajstić information content (AvgIpc) is 3.78. The summed E-state index contributed by atoms with van der Waals surface area (Å²) in [6.45, 7) is 7.95. The van der Waals surface area contributed by atoms with Crippen LogP contribution in [0.15, 0.2) is 134 Å². The first-order valence-corrected chi connectivity index (χ1v) is 18.3. The van der Waals surface area contributed by atoms with E-state index in [0.717, 1.165) is 77.0 Å². The molecule has 0 aliphatic carbocycles. The fourth-order valence-corrected chi connectivity index (χ4v) is 9.16. The lowest BCUT2D eigenvalue weighted by Gasteiger charge is -2.25. The number of fused-ring (bicyclic) bond motifs is 7. The molecule has 7 nitrogen and oxygen atoms in total. The molecule has 0 amide bonds. The van der Waals surface area contributed by atoms with Gasteiger partial charge in [-0.1, -0.05) is 72.8 Å². The van der Waals surface area contributed by atoms with Crippen LogP contribution in [0.3, 0.4) is 0 Å². The van der Waals surface area contributed by atoms with Gasteiger partial charge in [-0.2, -0.15) is 10.5 Å². The first-order chi connectivity index (χ1) is 26.7. The minimum absolute atomic E-state index is 0.453. The molecule has 0 saturated heterocycles. The van der Waals surface area contributed by atoms with Crippen molar-refractivity contribution >= 4 is 43.6 Å². The standard InChI is InChI=1S/C48H34N6O/c1-47(2)43-37(25-49)45(53-39-17-15-31(29-11-7-5-8-12-29)23-35(39)33-19-21-51-27-41(33)53)46(38(26-50)44(43)48(3,4)55-47)54-40-18-16-32(30-13-9-6-10-14-30)24-36(40)34-20-22-52-28-42(34)54/h5-24,27-28H,1-4H3. The molecule has 7 heteroatoms. The molecule has 0 atom stereocenters. The number of hydrogen-bond acceptors (Lipinski definition) is 5. The Kier molecular flexibility index (Phi) is 6.94. The van der Waals surface area contributed by atoms with Crippen molar-refractivity contribution in [3.05, 3.63) is 156 Å². The first kappa shape index (κ1) is 32.6. The monoisotopic (exact) mass is 710 g/mol.